The fraction of sp³-hybridized carbons (Fsp3) is 0.308. The van der Waals surface area contributed by atoms with Crippen molar-refractivity contribution in [1.29, 1.82) is 0 Å². The lowest BCUT2D eigenvalue weighted by atomic mass is 10.1. The van der Waals surface area contributed by atoms with Crippen molar-refractivity contribution >= 4 is 0 Å². The Morgan fingerprint density at radius 1 is 1.29 bits per heavy atom. The highest BCUT2D eigenvalue weighted by Gasteiger charge is 2.05. The number of hydrogen-bond acceptors (Lipinski definition) is 3. The highest BCUT2D eigenvalue weighted by Crippen LogP contribution is 2.02. The second-order valence-corrected chi connectivity index (χ2v) is 4.01. The van der Waals surface area contributed by atoms with E-state index in [1.165, 1.54) is 0 Å². The minimum atomic E-state index is -0.368. The number of rotatable bonds is 6. The molecule has 4 heteroatoms. The summed E-state index contributed by atoms with van der Waals surface area (Å²) in [5.74, 6) is 0.886. The van der Waals surface area contributed by atoms with Crippen LogP contribution in [0.25, 0.3) is 0 Å². The van der Waals surface area contributed by atoms with Crippen LogP contribution in [-0.4, -0.2) is 27.7 Å². The van der Waals surface area contributed by atoms with Gasteiger partial charge < -0.3 is 15.4 Å². The molecule has 0 aliphatic carbocycles. The number of benzene rings is 1. The number of nitrogens with one attached hydrogen (secondary N) is 2. The average Bonchev–Trinajstić information content (AvgIpc) is 2.83. The van der Waals surface area contributed by atoms with Crippen molar-refractivity contribution in [3.8, 4) is 0 Å². The van der Waals surface area contributed by atoms with Crippen molar-refractivity contribution in [3.05, 3.63) is 54.1 Å². The predicted octanol–water partition coefficient (Wildman–Crippen LogP) is 1.10. The van der Waals surface area contributed by atoms with Crippen molar-refractivity contribution in [2.24, 2.45) is 0 Å². The third-order valence-electron chi connectivity index (χ3n) is 2.54. The summed E-state index contributed by atoms with van der Waals surface area (Å²) in [4.78, 5) is 7.10. The molecule has 0 amide bonds. The van der Waals surface area contributed by atoms with Gasteiger partial charge in [-0.25, -0.2) is 4.98 Å². The van der Waals surface area contributed by atoms with Crippen LogP contribution in [0.5, 0.6) is 0 Å². The zero-order chi connectivity index (χ0) is 11.9. The number of H-pyrrole nitrogens is 1. The first-order valence-corrected chi connectivity index (χ1v) is 5.75. The first-order valence-electron chi connectivity index (χ1n) is 5.75. The van der Waals surface area contributed by atoms with Gasteiger partial charge in [0.25, 0.3) is 0 Å². The summed E-state index contributed by atoms with van der Waals surface area (Å²) in [6, 6.07) is 9.99. The second-order valence-electron chi connectivity index (χ2n) is 4.01. The largest absolute Gasteiger partial charge is 0.391 e. The molecule has 0 radical (unpaired) electrons. The van der Waals surface area contributed by atoms with E-state index >= 15 is 0 Å². The SMILES string of the molecule is OC(CNCc1ncc[nH]1)Cc1ccccc1. The lowest BCUT2D eigenvalue weighted by Gasteiger charge is -2.11. The van der Waals surface area contributed by atoms with Gasteiger partial charge in [-0.05, 0) is 12.0 Å². The zero-order valence-electron chi connectivity index (χ0n) is 9.63. The molecule has 0 aliphatic heterocycles. The Hall–Kier alpha value is -1.65. The Labute approximate surface area is 101 Å². The van der Waals surface area contributed by atoms with Crippen LogP contribution in [0.3, 0.4) is 0 Å². The van der Waals surface area contributed by atoms with Gasteiger partial charge in [0.05, 0.1) is 12.6 Å². The normalized spacial score (nSPS) is 12.5. The first kappa shape index (κ1) is 11.8. The zero-order valence-corrected chi connectivity index (χ0v) is 9.63. The van der Waals surface area contributed by atoms with Gasteiger partial charge in [-0.15, -0.1) is 0 Å². The highest BCUT2D eigenvalue weighted by molar-refractivity contribution is 5.15. The maximum Gasteiger partial charge on any atom is 0.120 e. The third-order valence-corrected chi connectivity index (χ3v) is 2.54. The van der Waals surface area contributed by atoms with Gasteiger partial charge in [0.15, 0.2) is 0 Å². The number of hydrogen-bond donors (Lipinski definition) is 3. The van der Waals surface area contributed by atoms with Crippen LogP contribution in [0, 0.1) is 0 Å². The standard InChI is InChI=1S/C13H17N3O/c17-12(8-11-4-2-1-3-5-11)9-14-10-13-15-6-7-16-13/h1-7,12,14,17H,8-10H2,(H,15,16). The molecule has 0 spiro atoms. The number of aromatic nitrogens is 2. The Morgan fingerprint density at radius 3 is 2.82 bits per heavy atom. The van der Waals surface area contributed by atoms with Crippen LogP contribution >= 0.6 is 0 Å². The van der Waals surface area contributed by atoms with Crippen molar-refractivity contribution < 1.29 is 5.11 Å². The second kappa shape index (κ2) is 6.18. The number of aromatic amines is 1. The Bertz CT molecular complexity index is 413. The van der Waals surface area contributed by atoms with E-state index < -0.39 is 0 Å². The van der Waals surface area contributed by atoms with Gasteiger partial charge in [-0.1, -0.05) is 30.3 Å². The fourth-order valence-electron chi connectivity index (χ4n) is 1.71. The molecule has 2 aromatic rings. The number of aliphatic hydroxyl groups is 1. The molecule has 0 aliphatic rings. The van der Waals surface area contributed by atoms with E-state index in [9.17, 15) is 5.11 Å². The van der Waals surface area contributed by atoms with Gasteiger partial charge in [0, 0.05) is 18.9 Å². The van der Waals surface area contributed by atoms with Crippen LogP contribution in [0.1, 0.15) is 11.4 Å². The maximum atomic E-state index is 9.84. The van der Waals surface area contributed by atoms with Crippen molar-refractivity contribution in [1.82, 2.24) is 15.3 Å². The maximum absolute atomic E-state index is 9.84. The molecule has 1 unspecified atom stereocenters. The topological polar surface area (TPSA) is 60.9 Å². The van der Waals surface area contributed by atoms with E-state index in [1.807, 2.05) is 30.3 Å². The number of nitrogens with zero attached hydrogens (tertiary/aromatic N) is 1. The van der Waals surface area contributed by atoms with E-state index in [4.69, 9.17) is 0 Å². The minimum Gasteiger partial charge on any atom is -0.391 e. The molecule has 17 heavy (non-hydrogen) atoms. The van der Waals surface area contributed by atoms with E-state index in [2.05, 4.69) is 15.3 Å². The first-order chi connectivity index (χ1) is 8.34. The Morgan fingerprint density at radius 2 is 2.12 bits per heavy atom. The molecule has 2 rings (SSSR count). The van der Waals surface area contributed by atoms with Gasteiger partial charge >= 0.3 is 0 Å². The molecule has 90 valence electrons. The molecule has 0 saturated carbocycles. The Kier molecular flexibility index (Phi) is 4.30. The summed E-state index contributed by atoms with van der Waals surface area (Å²) in [5.41, 5.74) is 1.15. The quantitative estimate of drug-likeness (QED) is 0.697. The van der Waals surface area contributed by atoms with Gasteiger partial charge in [0.1, 0.15) is 5.82 Å². The summed E-state index contributed by atoms with van der Waals surface area (Å²) >= 11 is 0. The average molecular weight is 231 g/mol. The summed E-state index contributed by atoms with van der Waals surface area (Å²) < 4.78 is 0. The summed E-state index contributed by atoms with van der Waals surface area (Å²) in [6.45, 7) is 1.22. The van der Waals surface area contributed by atoms with Crippen LogP contribution in [-0.2, 0) is 13.0 Å². The molecule has 0 saturated heterocycles. The van der Waals surface area contributed by atoms with E-state index in [-0.39, 0.29) is 6.10 Å². The van der Waals surface area contributed by atoms with Crippen molar-refractivity contribution in [2.75, 3.05) is 6.54 Å². The fourth-order valence-corrected chi connectivity index (χ4v) is 1.71. The van der Waals surface area contributed by atoms with E-state index in [0.717, 1.165) is 11.4 Å². The smallest absolute Gasteiger partial charge is 0.120 e. The molecule has 4 nitrogen and oxygen atoms in total. The number of imidazole rings is 1. The van der Waals surface area contributed by atoms with Crippen LogP contribution < -0.4 is 5.32 Å². The van der Waals surface area contributed by atoms with Crippen LogP contribution in [0.2, 0.25) is 0 Å². The van der Waals surface area contributed by atoms with Gasteiger partial charge in [-0.2, -0.15) is 0 Å². The molecule has 1 atom stereocenters. The molecule has 0 fully saturated rings. The predicted molar refractivity (Wildman–Crippen MR) is 66.4 cm³/mol. The van der Waals surface area contributed by atoms with Gasteiger partial charge in [0.2, 0.25) is 0 Å². The summed E-state index contributed by atoms with van der Waals surface area (Å²) in [6.07, 6.45) is 3.81. The van der Waals surface area contributed by atoms with Crippen LogP contribution in [0.4, 0.5) is 0 Å². The van der Waals surface area contributed by atoms with E-state index in [1.54, 1.807) is 12.4 Å². The Balaban J connectivity index is 1.69. The lowest BCUT2D eigenvalue weighted by molar-refractivity contribution is 0.171. The summed E-state index contributed by atoms with van der Waals surface area (Å²) in [5, 5.41) is 13.0. The van der Waals surface area contributed by atoms with E-state index in [0.29, 0.717) is 19.5 Å². The molecule has 3 N–H and O–H groups in total. The third kappa shape index (κ3) is 4.01. The molecular weight excluding hydrogens is 214 g/mol. The van der Waals surface area contributed by atoms with Crippen molar-refractivity contribution in [3.63, 3.8) is 0 Å². The number of aliphatic hydroxyl groups excluding tert-OH is 1. The minimum absolute atomic E-state index is 0.368. The summed E-state index contributed by atoms with van der Waals surface area (Å²) in [7, 11) is 0. The monoisotopic (exact) mass is 231 g/mol. The molecule has 1 heterocycles. The molecule has 0 bridgehead atoms. The highest BCUT2D eigenvalue weighted by atomic mass is 16.3. The van der Waals surface area contributed by atoms with Gasteiger partial charge in [-0.3, -0.25) is 0 Å². The molecule has 1 aromatic carbocycles. The molecule has 1 aromatic heterocycles. The molecular formula is C13H17N3O. The van der Waals surface area contributed by atoms with Crippen molar-refractivity contribution in [2.45, 2.75) is 19.1 Å². The lowest BCUT2D eigenvalue weighted by Crippen LogP contribution is -2.28. The van der Waals surface area contributed by atoms with Crippen LogP contribution in [0.15, 0.2) is 42.7 Å².